The Morgan fingerprint density at radius 3 is 2.05 bits per heavy atom. The summed E-state index contributed by atoms with van der Waals surface area (Å²) in [6.07, 6.45) is 2.62. The smallest absolute Gasteiger partial charge is 0.408 e. The summed E-state index contributed by atoms with van der Waals surface area (Å²) in [5.74, 6) is 0.499. The number of hydrogen-bond acceptors (Lipinski definition) is 3. The molecule has 2 amide bonds. The van der Waals surface area contributed by atoms with E-state index in [1.807, 2.05) is 6.92 Å². The Morgan fingerprint density at radius 1 is 1.00 bits per heavy atom. The molecule has 0 aromatic rings. The minimum atomic E-state index is -0.604. The van der Waals surface area contributed by atoms with Crippen LogP contribution in [0.1, 0.15) is 67.7 Å². The molecular weight excluding hydrogens is 268 g/mol. The van der Waals surface area contributed by atoms with Crippen molar-refractivity contribution in [3.63, 3.8) is 0 Å². The van der Waals surface area contributed by atoms with E-state index in [1.165, 1.54) is 0 Å². The molecule has 0 aliphatic rings. The predicted molar refractivity (Wildman–Crippen MR) is 85.1 cm³/mol. The minimum absolute atomic E-state index is 0.110. The number of carbonyl (C=O) groups excluding carboxylic acids is 2. The number of rotatable bonds is 7. The van der Waals surface area contributed by atoms with Crippen LogP contribution in [-0.2, 0) is 9.53 Å². The molecule has 0 heterocycles. The van der Waals surface area contributed by atoms with E-state index in [0.29, 0.717) is 5.92 Å². The van der Waals surface area contributed by atoms with Crippen molar-refractivity contribution in [3.05, 3.63) is 0 Å². The van der Waals surface area contributed by atoms with Crippen LogP contribution >= 0.6 is 0 Å². The maximum Gasteiger partial charge on any atom is 0.408 e. The van der Waals surface area contributed by atoms with Gasteiger partial charge < -0.3 is 15.4 Å². The summed E-state index contributed by atoms with van der Waals surface area (Å²) in [7, 11) is 0. The van der Waals surface area contributed by atoms with Gasteiger partial charge in [0, 0.05) is 6.04 Å². The Hall–Kier alpha value is -1.26. The zero-order valence-corrected chi connectivity index (χ0v) is 14.6. The molecule has 0 saturated carbocycles. The third kappa shape index (κ3) is 11.1. The van der Waals surface area contributed by atoms with Gasteiger partial charge in [0.05, 0.1) is 0 Å². The van der Waals surface area contributed by atoms with Gasteiger partial charge in [-0.3, -0.25) is 4.79 Å². The lowest BCUT2D eigenvalue weighted by Gasteiger charge is -2.22. The highest BCUT2D eigenvalue weighted by molar-refractivity contribution is 5.85. The molecule has 5 heteroatoms. The van der Waals surface area contributed by atoms with Gasteiger partial charge in [-0.05, 0) is 47.0 Å². The SMILES string of the molecule is CC(C)CCCC(C)NC(=O)[C@@H](C)NC(=O)OC(C)(C)C. The summed E-state index contributed by atoms with van der Waals surface area (Å²) in [4.78, 5) is 23.6. The molecule has 0 saturated heterocycles. The minimum Gasteiger partial charge on any atom is -0.444 e. The first-order valence-electron chi connectivity index (χ1n) is 7.81. The van der Waals surface area contributed by atoms with Gasteiger partial charge in [-0.25, -0.2) is 4.79 Å². The maximum atomic E-state index is 12.0. The predicted octanol–water partition coefficient (Wildman–Crippen LogP) is 3.23. The molecule has 0 aliphatic heterocycles. The molecule has 124 valence electrons. The highest BCUT2D eigenvalue weighted by Gasteiger charge is 2.21. The van der Waals surface area contributed by atoms with Crippen LogP contribution in [0.15, 0.2) is 0 Å². The molecule has 0 spiro atoms. The van der Waals surface area contributed by atoms with Gasteiger partial charge in [0.15, 0.2) is 0 Å². The second kappa shape index (κ2) is 8.90. The second-order valence-corrected chi connectivity index (χ2v) is 7.10. The fourth-order valence-electron chi connectivity index (χ4n) is 1.82. The molecule has 5 nitrogen and oxygen atoms in total. The topological polar surface area (TPSA) is 67.4 Å². The van der Waals surface area contributed by atoms with Crippen LogP contribution in [0.2, 0.25) is 0 Å². The van der Waals surface area contributed by atoms with Crippen LogP contribution in [0.3, 0.4) is 0 Å². The fourth-order valence-corrected chi connectivity index (χ4v) is 1.82. The van der Waals surface area contributed by atoms with Crippen molar-refractivity contribution in [2.24, 2.45) is 5.92 Å². The largest absolute Gasteiger partial charge is 0.444 e. The summed E-state index contributed by atoms with van der Waals surface area (Å²) in [6.45, 7) is 13.4. The Labute approximate surface area is 129 Å². The highest BCUT2D eigenvalue weighted by Crippen LogP contribution is 2.09. The van der Waals surface area contributed by atoms with Crippen LogP contribution in [0.4, 0.5) is 4.79 Å². The van der Waals surface area contributed by atoms with Crippen molar-refractivity contribution in [1.82, 2.24) is 10.6 Å². The molecular formula is C16H32N2O3. The zero-order chi connectivity index (χ0) is 16.6. The van der Waals surface area contributed by atoms with Crippen molar-refractivity contribution >= 4 is 12.0 Å². The van der Waals surface area contributed by atoms with Crippen LogP contribution in [-0.4, -0.2) is 29.7 Å². The number of hydrogen-bond donors (Lipinski definition) is 2. The summed E-state index contributed by atoms with van der Waals surface area (Å²) in [6, 6.07) is -0.494. The van der Waals surface area contributed by atoms with E-state index in [4.69, 9.17) is 4.74 Å². The van der Waals surface area contributed by atoms with Gasteiger partial charge in [-0.15, -0.1) is 0 Å². The Bertz CT molecular complexity index is 335. The van der Waals surface area contributed by atoms with E-state index in [0.717, 1.165) is 19.3 Å². The molecule has 0 fully saturated rings. The van der Waals surface area contributed by atoms with E-state index < -0.39 is 17.7 Å². The third-order valence-electron chi connectivity index (χ3n) is 2.93. The van der Waals surface area contributed by atoms with E-state index in [-0.39, 0.29) is 11.9 Å². The first-order valence-corrected chi connectivity index (χ1v) is 7.81. The van der Waals surface area contributed by atoms with Crippen molar-refractivity contribution in [3.8, 4) is 0 Å². The first kappa shape index (κ1) is 19.7. The first-order chi connectivity index (χ1) is 9.51. The molecule has 21 heavy (non-hydrogen) atoms. The lowest BCUT2D eigenvalue weighted by molar-refractivity contribution is -0.123. The summed E-state index contributed by atoms with van der Waals surface area (Å²) in [5.41, 5.74) is -0.565. The molecule has 2 atom stereocenters. The van der Waals surface area contributed by atoms with Crippen molar-refractivity contribution in [2.45, 2.75) is 85.4 Å². The molecule has 0 bridgehead atoms. The maximum absolute atomic E-state index is 12.0. The average molecular weight is 300 g/mol. The number of alkyl carbamates (subject to hydrolysis) is 1. The van der Waals surface area contributed by atoms with Crippen LogP contribution in [0.5, 0.6) is 0 Å². The van der Waals surface area contributed by atoms with Gasteiger partial charge in [-0.2, -0.15) is 0 Å². The number of carbonyl (C=O) groups is 2. The Kier molecular flexibility index (Phi) is 8.37. The standard InChI is InChI=1S/C16H32N2O3/c1-11(2)9-8-10-12(3)17-14(19)13(4)18-15(20)21-16(5,6)7/h11-13H,8-10H2,1-7H3,(H,17,19)(H,18,20)/t12?,13-/m1/s1. The molecule has 0 aromatic carbocycles. The third-order valence-corrected chi connectivity index (χ3v) is 2.93. The molecule has 2 N–H and O–H groups in total. The van der Waals surface area contributed by atoms with Gasteiger partial charge >= 0.3 is 6.09 Å². The van der Waals surface area contributed by atoms with Crippen molar-refractivity contribution < 1.29 is 14.3 Å². The molecule has 0 radical (unpaired) electrons. The van der Waals surface area contributed by atoms with Gasteiger partial charge in [0.2, 0.25) is 5.91 Å². The zero-order valence-electron chi connectivity index (χ0n) is 14.6. The number of ether oxygens (including phenoxy) is 1. The van der Waals surface area contributed by atoms with Crippen molar-refractivity contribution in [2.75, 3.05) is 0 Å². The van der Waals surface area contributed by atoms with Crippen LogP contribution < -0.4 is 10.6 Å². The Balaban J connectivity index is 4.06. The van der Waals surface area contributed by atoms with E-state index in [1.54, 1.807) is 27.7 Å². The van der Waals surface area contributed by atoms with Gasteiger partial charge in [-0.1, -0.05) is 26.7 Å². The highest BCUT2D eigenvalue weighted by atomic mass is 16.6. The molecule has 0 aromatic heterocycles. The van der Waals surface area contributed by atoms with Crippen LogP contribution in [0.25, 0.3) is 0 Å². The monoisotopic (exact) mass is 300 g/mol. The summed E-state index contributed by atoms with van der Waals surface area (Å²) >= 11 is 0. The van der Waals surface area contributed by atoms with Gasteiger partial charge in [0.25, 0.3) is 0 Å². The van der Waals surface area contributed by atoms with E-state index in [9.17, 15) is 9.59 Å². The second-order valence-electron chi connectivity index (χ2n) is 7.10. The molecule has 1 unspecified atom stereocenters. The quantitative estimate of drug-likeness (QED) is 0.758. The van der Waals surface area contributed by atoms with Crippen LogP contribution in [0, 0.1) is 5.92 Å². The van der Waals surface area contributed by atoms with E-state index in [2.05, 4.69) is 24.5 Å². The lowest BCUT2D eigenvalue weighted by atomic mass is 10.0. The Morgan fingerprint density at radius 2 is 1.57 bits per heavy atom. The average Bonchev–Trinajstić information content (AvgIpc) is 2.25. The number of amides is 2. The number of nitrogens with one attached hydrogen (secondary N) is 2. The molecule has 0 rings (SSSR count). The summed E-state index contributed by atoms with van der Waals surface area (Å²) < 4.78 is 5.12. The van der Waals surface area contributed by atoms with E-state index >= 15 is 0 Å². The molecule has 0 aliphatic carbocycles. The van der Waals surface area contributed by atoms with Crippen molar-refractivity contribution in [1.29, 1.82) is 0 Å². The fraction of sp³-hybridized carbons (Fsp3) is 0.875. The lowest BCUT2D eigenvalue weighted by Crippen LogP contribution is -2.48. The normalized spacial score (nSPS) is 14.5. The van der Waals surface area contributed by atoms with Gasteiger partial charge in [0.1, 0.15) is 11.6 Å². The summed E-state index contributed by atoms with van der Waals surface area (Å²) in [5, 5.41) is 5.46.